The first-order valence-corrected chi connectivity index (χ1v) is 16.3. The number of likely N-dealkylation sites (tertiary alicyclic amines) is 1. The molecule has 1 amide bonds. The Morgan fingerprint density at radius 1 is 0.973 bits per heavy atom. The van der Waals surface area contributed by atoms with E-state index in [2.05, 4.69) is 4.72 Å². The minimum Gasteiger partial charge on any atom is -0.339 e. The smallest absolute Gasteiger partial charge is 0.253 e. The summed E-state index contributed by atoms with van der Waals surface area (Å²) < 4.78 is 53.6. The second-order valence-corrected chi connectivity index (χ2v) is 14.2. The van der Waals surface area contributed by atoms with Crippen LogP contribution in [0.5, 0.6) is 0 Å². The summed E-state index contributed by atoms with van der Waals surface area (Å²) in [6.07, 6.45) is 5.04. The lowest BCUT2D eigenvalue weighted by atomic mass is 9.93. The minimum atomic E-state index is -3.51. The van der Waals surface area contributed by atoms with Gasteiger partial charge in [-0.1, -0.05) is 42.5 Å². The molecule has 0 aliphatic carbocycles. The summed E-state index contributed by atoms with van der Waals surface area (Å²) in [5, 5.41) is -0.532. The first kappa shape index (κ1) is 27.8. The van der Waals surface area contributed by atoms with Crippen molar-refractivity contribution in [2.45, 2.75) is 56.9 Å². The van der Waals surface area contributed by atoms with Gasteiger partial charge in [0.25, 0.3) is 5.91 Å². The lowest BCUT2D eigenvalue weighted by Crippen LogP contribution is -2.44. The Kier molecular flexibility index (Phi) is 8.73. The van der Waals surface area contributed by atoms with Gasteiger partial charge >= 0.3 is 0 Å². The van der Waals surface area contributed by atoms with Crippen molar-refractivity contribution >= 4 is 26.0 Å². The molecule has 2 aromatic carbocycles. The van der Waals surface area contributed by atoms with E-state index >= 15 is 0 Å². The normalized spacial score (nSPS) is 23.1. The predicted molar refractivity (Wildman–Crippen MR) is 145 cm³/mol. The van der Waals surface area contributed by atoms with Gasteiger partial charge in [0.15, 0.2) is 0 Å². The summed E-state index contributed by atoms with van der Waals surface area (Å²) >= 11 is 0. The molecule has 2 heterocycles. The van der Waals surface area contributed by atoms with E-state index in [1.54, 1.807) is 16.4 Å². The number of nitrogens with one attached hydrogen (secondary N) is 1. The fourth-order valence-electron chi connectivity index (χ4n) is 5.34. The summed E-state index contributed by atoms with van der Waals surface area (Å²) in [7, 11) is -6.68. The standard InChI is InChI=1S/C27H37N3O5S2/c1-21-8-13-26(24-6-4-3-5-7-24)37(34,35)30(21)20-23-9-11-25(12-10-23)27(31)29-18-15-22(16-19-29)14-17-28-36(2,32)33/h3-7,9-12,21-22,26,28H,8,13-20H2,1-2H3/t21-,26?/m0/s1. The molecular formula is C27H37N3O5S2. The Balaban J connectivity index is 1.35. The summed E-state index contributed by atoms with van der Waals surface area (Å²) in [4.78, 5) is 14.9. The number of carbonyl (C=O) groups is 1. The quantitative estimate of drug-likeness (QED) is 0.545. The molecular weight excluding hydrogens is 510 g/mol. The van der Waals surface area contributed by atoms with E-state index in [1.165, 1.54) is 0 Å². The molecule has 2 saturated heterocycles. The molecule has 0 aromatic heterocycles. The van der Waals surface area contributed by atoms with Crippen LogP contribution in [0.2, 0.25) is 0 Å². The maximum absolute atomic E-state index is 13.5. The Labute approximate surface area is 221 Å². The van der Waals surface area contributed by atoms with Crippen molar-refractivity contribution in [2.24, 2.45) is 5.92 Å². The number of hydrogen-bond acceptors (Lipinski definition) is 5. The summed E-state index contributed by atoms with van der Waals surface area (Å²) in [6, 6.07) is 16.6. The van der Waals surface area contributed by atoms with Crippen LogP contribution in [-0.2, 0) is 26.6 Å². The van der Waals surface area contributed by atoms with E-state index < -0.39 is 25.3 Å². The van der Waals surface area contributed by atoms with Crippen LogP contribution in [0.3, 0.4) is 0 Å². The molecule has 202 valence electrons. The zero-order valence-corrected chi connectivity index (χ0v) is 23.2. The number of hydrogen-bond donors (Lipinski definition) is 1. The fraction of sp³-hybridized carbons (Fsp3) is 0.519. The van der Waals surface area contributed by atoms with Gasteiger partial charge < -0.3 is 4.90 Å². The largest absolute Gasteiger partial charge is 0.339 e. The molecule has 2 aromatic rings. The Morgan fingerprint density at radius 2 is 1.62 bits per heavy atom. The van der Waals surface area contributed by atoms with Gasteiger partial charge in [-0.25, -0.2) is 21.6 Å². The highest BCUT2D eigenvalue weighted by Gasteiger charge is 2.40. The van der Waals surface area contributed by atoms with Crippen LogP contribution in [0.4, 0.5) is 0 Å². The molecule has 0 spiro atoms. The average molecular weight is 548 g/mol. The maximum atomic E-state index is 13.5. The highest BCUT2D eigenvalue weighted by Crippen LogP contribution is 2.38. The first-order chi connectivity index (χ1) is 17.5. The van der Waals surface area contributed by atoms with Gasteiger partial charge in [-0.2, -0.15) is 4.31 Å². The number of rotatable bonds is 8. The van der Waals surface area contributed by atoms with Gasteiger partial charge in [0.1, 0.15) is 5.25 Å². The van der Waals surface area contributed by atoms with Crippen LogP contribution in [0, 0.1) is 5.92 Å². The number of benzene rings is 2. The number of amides is 1. The fourth-order valence-corrected chi connectivity index (χ4v) is 8.03. The molecule has 0 radical (unpaired) electrons. The molecule has 0 bridgehead atoms. The van der Waals surface area contributed by atoms with E-state index in [1.807, 2.05) is 54.3 Å². The van der Waals surface area contributed by atoms with Crippen LogP contribution in [-0.4, -0.2) is 63.9 Å². The third-order valence-corrected chi connectivity index (χ3v) is 10.7. The third kappa shape index (κ3) is 6.98. The zero-order valence-electron chi connectivity index (χ0n) is 21.5. The third-order valence-electron chi connectivity index (χ3n) is 7.55. The Hall–Kier alpha value is -2.27. The number of piperidine rings is 1. The molecule has 10 heteroatoms. The molecule has 37 heavy (non-hydrogen) atoms. The molecule has 2 fully saturated rings. The van der Waals surface area contributed by atoms with Crippen molar-refractivity contribution in [1.82, 2.24) is 13.9 Å². The number of carbonyl (C=O) groups excluding carboxylic acids is 1. The molecule has 2 aliphatic rings. The van der Waals surface area contributed by atoms with E-state index in [-0.39, 0.29) is 18.5 Å². The lowest BCUT2D eigenvalue weighted by Gasteiger charge is -2.37. The molecule has 1 unspecified atom stereocenters. The van der Waals surface area contributed by atoms with Crippen molar-refractivity contribution in [1.29, 1.82) is 0 Å². The Morgan fingerprint density at radius 3 is 2.24 bits per heavy atom. The molecule has 4 rings (SSSR count). The van der Waals surface area contributed by atoms with Gasteiger partial charge in [-0.15, -0.1) is 0 Å². The van der Waals surface area contributed by atoms with Crippen molar-refractivity contribution < 1.29 is 21.6 Å². The number of nitrogens with zero attached hydrogens (tertiary/aromatic N) is 2. The van der Waals surface area contributed by atoms with Crippen LogP contribution >= 0.6 is 0 Å². The van der Waals surface area contributed by atoms with Gasteiger partial charge in [0.05, 0.1) is 6.26 Å². The van der Waals surface area contributed by atoms with E-state index in [4.69, 9.17) is 0 Å². The second kappa shape index (κ2) is 11.6. The molecule has 2 atom stereocenters. The monoisotopic (exact) mass is 547 g/mol. The molecule has 0 saturated carbocycles. The van der Waals surface area contributed by atoms with Crippen molar-refractivity contribution in [3.63, 3.8) is 0 Å². The van der Waals surface area contributed by atoms with Crippen LogP contribution in [0.15, 0.2) is 54.6 Å². The first-order valence-electron chi connectivity index (χ1n) is 12.9. The van der Waals surface area contributed by atoms with Gasteiger partial charge in [-0.3, -0.25) is 4.79 Å². The maximum Gasteiger partial charge on any atom is 0.253 e. The van der Waals surface area contributed by atoms with Gasteiger partial charge in [0.2, 0.25) is 20.0 Å². The molecule has 2 aliphatic heterocycles. The summed E-state index contributed by atoms with van der Waals surface area (Å²) in [6.45, 7) is 3.96. The van der Waals surface area contributed by atoms with Crippen LogP contribution in [0.1, 0.15) is 65.8 Å². The summed E-state index contributed by atoms with van der Waals surface area (Å²) in [5.41, 5.74) is 2.28. The number of sulfonamides is 2. The van der Waals surface area contributed by atoms with E-state index in [0.29, 0.717) is 37.5 Å². The highest BCUT2D eigenvalue weighted by molar-refractivity contribution is 7.89. The molecule has 8 nitrogen and oxygen atoms in total. The van der Waals surface area contributed by atoms with Gasteiger partial charge in [0, 0.05) is 37.8 Å². The Bertz CT molecular complexity index is 1270. The zero-order chi connectivity index (χ0) is 26.6. The minimum absolute atomic E-state index is 0.0256. The lowest BCUT2D eigenvalue weighted by molar-refractivity contribution is 0.0687. The predicted octanol–water partition coefficient (Wildman–Crippen LogP) is 3.53. The summed E-state index contributed by atoms with van der Waals surface area (Å²) in [5.74, 6) is 0.372. The van der Waals surface area contributed by atoms with Crippen LogP contribution < -0.4 is 4.72 Å². The second-order valence-electron chi connectivity index (χ2n) is 10.3. The molecule has 1 N–H and O–H groups in total. The van der Waals surface area contributed by atoms with Crippen molar-refractivity contribution in [3.05, 3.63) is 71.3 Å². The SMILES string of the molecule is C[C@H]1CCC(c2ccccc2)S(=O)(=O)N1Cc1ccc(C(=O)N2CCC(CCNS(C)(=O)=O)CC2)cc1. The van der Waals surface area contributed by atoms with Crippen molar-refractivity contribution in [2.75, 3.05) is 25.9 Å². The van der Waals surface area contributed by atoms with E-state index in [0.717, 1.165) is 43.1 Å². The van der Waals surface area contributed by atoms with Crippen LogP contribution in [0.25, 0.3) is 0 Å². The van der Waals surface area contributed by atoms with Crippen molar-refractivity contribution in [3.8, 4) is 0 Å². The average Bonchev–Trinajstić information content (AvgIpc) is 2.86. The van der Waals surface area contributed by atoms with Gasteiger partial charge in [-0.05, 0) is 68.2 Å². The van der Waals surface area contributed by atoms with E-state index in [9.17, 15) is 21.6 Å². The highest BCUT2D eigenvalue weighted by atomic mass is 32.2. The topological polar surface area (TPSA) is 104 Å².